The normalized spacial score (nSPS) is 39.0. The first kappa shape index (κ1) is 18.2. The third kappa shape index (κ3) is 2.70. The van der Waals surface area contributed by atoms with Gasteiger partial charge in [0, 0.05) is 11.7 Å². The molecule has 5 heteroatoms. The molecule has 4 saturated carbocycles. The number of hydrogen-bond acceptors (Lipinski definition) is 4. The molecular formula is C23H29NO4. The summed E-state index contributed by atoms with van der Waals surface area (Å²) in [6, 6.07) is 7.99. The molecule has 4 aliphatic carbocycles. The van der Waals surface area contributed by atoms with Gasteiger partial charge >= 0.3 is 5.97 Å². The molecule has 0 aromatic heterocycles. The van der Waals surface area contributed by atoms with Crippen LogP contribution in [-0.2, 0) is 20.7 Å². The molecule has 4 atom stereocenters. The molecule has 1 aliphatic heterocycles. The van der Waals surface area contributed by atoms with Crippen LogP contribution in [0.1, 0.15) is 57.9 Å². The van der Waals surface area contributed by atoms with Crippen LogP contribution >= 0.6 is 0 Å². The summed E-state index contributed by atoms with van der Waals surface area (Å²) in [6.45, 7) is 3.71. The van der Waals surface area contributed by atoms with E-state index in [1.807, 2.05) is 31.2 Å². The SMILES string of the molecule is C[C@@H](OC(=O)C12C[C@H]3C[C@@H](CC(O)(C3)C1)C2)C(=O)N1c2ccccc2C[C@@H]1C. The Hall–Kier alpha value is -1.88. The van der Waals surface area contributed by atoms with E-state index >= 15 is 0 Å². The van der Waals surface area contributed by atoms with E-state index in [9.17, 15) is 14.7 Å². The Morgan fingerprint density at radius 3 is 2.54 bits per heavy atom. The maximum Gasteiger partial charge on any atom is 0.312 e. The van der Waals surface area contributed by atoms with Crippen LogP contribution in [0.4, 0.5) is 5.69 Å². The Morgan fingerprint density at radius 1 is 1.18 bits per heavy atom. The van der Waals surface area contributed by atoms with Gasteiger partial charge in [-0.2, -0.15) is 0 Å². The molecular weight excluding hydrogens is 354 g/mol. The van der Waals surface area contributed by atoms with E-state index in [1.165, 1.54) is 0 Å². The fourth-order valence-electron chi connectivity index (χ4n) is 6.89. The number of anilines is 1. The fraction of sp³-hybridized carbons (Fsp3) is 0.652. The lowest BCUT2D eigenvalue weighted by Gasteiger charge is -2.58. The van der Waals surface area contributed by atoms with Crippen molar-refractivity contribution < 1.29 is 19.4 Å². The van der Waals surface area contributed by atoms with Gasteiger partial charge in [0.05, 0.1) is 11.0 Å². The molecule has 1 amide bonds. The number of para-hydroxylation sites is 1. The maximum atomic E-state index is 13.2. The Morgan fingerprint density at radius 2 is 1.86 bits per heavy atom. The number of aliphatic hydroxyl groups is 1. The van der Waals surface area contributed by atoms with Crippen molar-refractivity contribution in [2.75, 3.05) is 4.90 Å². The molecule has 4 fully saturated rings. The van der Waals surface area contributed by atoms with Gasteiger partial charge in [0.1, 0.15) is 0 Å². The van der Waals surface area contributed by atoms with Gasteiger partial charge in [0.2, 0.25) is 0 Å². The summed E-state index contributed by atoms with van der Waals surface area (Å²) in [5, 5.41) is 10.9. The van der Waals surface area contributed by atoms with Crippen molar-refractivity contribution in [3.63, 3.8) is 0 Å². The van der Waals surface area contributed by atoms with Crippen LogP contribution in [-0.4, -0.2) is 34.7 Å². The molecule has 1 aromatic rings. The first-order valence-corrected chi connectivity index (χ1v) is 10.6. The topological polar surface area (TPSA) is 66.8 Å². The van der Waals surface area contributed by atoms with E-state index in [-0.39, 0.29) is 17.9 Å². The minimum Gasteiger partial charge on any atom is -0.452 e. The van der Waals surface area contributed by atoms with Gasteiger partial charge in [-0.15, -0.1) is 0 Å². The molecule has 150 valence electrons. The van der Waals surface area contributed by atoms with Crippen LogP contribution in [0, 0.1) is 17.3 Å². The summed E-state index contributed by atoms with van der Waals surface area (Å²) in [5.74, 6) is 0.390. The van der Waals surface area contributed by atoms with Gasteiger partial charge in [-0.1, -0.05) is 18.2 Å². The Balaban J connectivity index is 1.33. The standard InChI is InChI=1S/C23H29NO4/c1-14-7-18-5-3-4-6-19(18)24(14)20(25)15(2)28-21(26)22-9-16-8-17(10-22)12-23(27,11-16)13-22/h3-6,14-17,27H,7-13H2,1-2H3/t14-,15+,16+,17+,22?,23?/m0/s1. The van der Waals surface area contributed by atoms with Crippen molar-refractivity contribution in [1.29, 1.82) is 0 Å². The highest BCUT2D eigenvalue weighted by atomic mass is 16.5. The summed E-state index contributed by atoms with van der Waals surface area (Å²) >= 11 is 0. The van der Waals surface area contributed by atoms with Gasteiger partial charge in [-0.3, -0.25) is 9.59 Å². The zero-order valence-corrected chi connectivity index (χ0v) is 16.7. The van der Waals surface area contributed by atoms with Crippen LogP contribution in [0.25, 0.3) is 0 Å². The number of nitrogens with zero attached hydrogens (tertiary/aromatic N) is 1. The van der Waals surface area contributed by atoms with Crippen molar-refractivity contribution in [2.24, 2.45) is 17.3 Å². The highest BCUT2D eigenvalue weighted by molar-refractivity contribution is 6.00. The Kier molecular flexibility index (Phi) is 3.93. The van der Waals surface area contributed by atoms with Crippen LogP contribution in [0.15, 0.2) is 24.3 Å². The van der Waals surface area contributed by atoms with Crippen molar-refractivity contribution >= 4 is 17.6 Å². The van der Waals surface area contributed by atoms with Crippen LogP contribution in [0.5, 0.6) is 0 Å². The van der Waals surface area contributed by atoms with Crippen molar-refractivity contribution in [3.05, 3.63) is 29.8 Å². The van der Waals surface area contributed by atoms with Gasteiger partial charge < -0.3 is 14.7 Å². The summed E-state index contributed by atoms with van der Waals surface area (Å²) in [5.41, 5.74) is 0.776. The lowest BCUT2D eigenvalue weighted by atomic mass is 9.48. The van der Waals surface area contributed by atoms with E-state index in [0.717, 1.165) is 49.8 Å². The molecule has 5 nitrogen and oxygen atoms in total. The highest BCUT2D eigenvalue weighted by Crippen LogP contribution is 2.62. The van der Waals surface area contributed by atoms with E-state index in [1.54, 1.807) is 11.8 Å². The molecule has 1 N–H and O–H groups in total. The van der Waals surface area contributed by atoms with Crippen molar-refractivity contribution in [1.82, 2.24) is 0 Å². The second-order valence-electron chi connectivity index (χ2n) is 9.90. The Labute approximate surface area is 166 Å². The predicted octanol–water partition coefficient (Wildman–Crippen LogP) is 3.23. The number of amides is 1. The van der Waals surface area contributed by atoms with Crippen LogP contribution in [0.2, 0.25) is 0 Å². The third-order valence-electron chi connectivity index (χ3n) is 7.54. The molecule has 0 saturated heterocycles. The number of carbonyl (C=O) groups excluding carboxylic acids is 2. The number of benzene rings is 1. The monoisotopic (exact) mass is 383 g/mol. The second kappa shape index (κ2) is 6.06. The average Bonchev–Trinajstić information content (AvgIpc) is 2.94. The van der Waals surface area contributed by atoms with Crippen LogP contribution in [0.3, 0.4) is 0 Å². The van der Waals surface area contributed by atoms with Gasteiger partial charge in [0.15, 0.2) is 6.10 Å². The van der Waals surface area contributed by atoms with E-state index in [2.05, 4.69) is 0 Å². The minimum absolute atomic E-state index is 0.0614. The largest absolute Gasteiger partial charge is 0.452 e. The van der Waals surface area contributed by atoms with Gasteiger partial charge in [-0.25, -0.2) is 0 Å². The molecule has 1 heterocycles. The number of rotatable bonds is 3. The predicted molar refractivity (Wildman–Crippen MR) is 105 cm³/mol. The summed E-state index contributed by atoms with van der Waals surface area (Å²) in [6.07, 6.45) is 4.85. The van der Waals surface area contributed by atoms with Gasteiger partial charge in [0.25, 0.3) is 5.91 Å². The number of esters is 1. The fourth-order valence-corrected chi connectivity index (χ4v) is 6.89. The van der Waals surface area contributed by atoms with Crippen LogP contribution < -0.4 is 4.90 Å². The number of fused-ring (bicyclic) bond motifs is 1. The third-order valence-corrected chi connectivity index (χ3v) is 7.54. The molecule has 5 aliphatic rings. The van der Waals surface area contributed by atoms with E-state index < -0.39 is 17.1 Å². The lowest BCUT2D eigenvalue weighted by Crippen LogP contribution is -2.59. The van der Waals surface area contributed by atoms with Crippen molar-refractivity contribution in [2.45, 2.75) is 76.5 Å². The molecule has 0 radical (unpaired) electrons. The smallest absolute Gasteiger partial charge is 0.312 e. The zero-order chi connectivity index (χ0) is 19.7. The number of ether oxygens (including phenoxy) is 1. The molecule has 6 rings (SSSR count). The summed E-state index contributed by atoms with van der Waals surface area (Å²) in [7, 11) is 0. The molecule has 0 unspecified atom stereocenters. The quantitative estimate of drug-likeness (QED) is 0.814. The first-order valence-electron chi connectivity index (χ1n) is 10.6. The minimum atomic E-state index is -0.816. The highest BCUT2D eigenvalue weighted by Gasteiger charge is 2.61. The lowest BCUT2D eigenvalue weighted by molar-refractivity contribution is -0.199. The average molecular weight is 383 g/mol. The van der Waals surface area contributed by atoms with Gasteiger partial charge in [-0.05, 0) is 82.3 Å². The van der Waals surface area contributed by atoms with E-state index in [0.29, 0.717) is 18.3 Å². The maximum absolute atomic E-state index is 13.2. The Bertz CT molecular complexity index is 820. The number of hydrogen-bond donors (Lipinski definition) is 1. The van der Waals surface area contributed by atoms with E-state index in [4.69, 9.17) is 4.74 Å². The molecule has 28 heavy (non-hydrogen) atoms. The summed E-state index contributed by atoms with van der Waals surface area (Å²) in [4.78, 5) is 28.1. The molecule has 1 aromatic carbocycles. The number of carbonyl (C=O) groups is 2. The van der Waals surface area contributed by atoms with Crippen molar-refractivity contribution in [3.8, 4) is 0 Å². The zero-order valence-electron chi connectivity index (χ0n) is 16.7. The molecule has 0 spiro atoms. The second-order valence-corrected chi connectivity index (χ2v) is 9.90. The first-order chi connectivity index (χ1) is 13.3. The molecule has 4 bridgehead atoms. The summed E-state index contributed by atoms with van der Waals surface area (Å²) < 4.78 is 5.78.